The highest BCUT2D eigenvalue weighted by Crippen LogP contribution is 2.27. The van der Waals surface area contributed by atoms with Crippen LogP contribution in [0, 0.1) is 5.92 Å². The molecule has 1 aliphatic rings. The maximum absolute atomic E-state index is 12.1. The average molecular weight is 365 g/mol. The zero-order valence-electron chi connectivity index (χ0n) is 12.7. The van der Waals surface area contributed by atoms with Crippen LogP contribution in [0.25, 0.3) is 0 Å². The van der Waals surface area contributed by atoms with E-state index in [-0.39, 0.29) is 17.3 Å². The molecule has 1 fully saturated rings. The van der Waals surface area contributed by atoms with Gasteiger partial charge in [-0.2, -0.15) is 13.2 Å². The number of carbonyl (C=O) groups is 1. The molecule has 10 heteroatoms. The van der Waals surface area contributed by atoms with Gasteiger partial charge >= 0.3 is 6.18 Å². The van der Waals surface area contributed by atoms with E-state index < -0.39 is 22.7 Å². The molecule has 24 heavy (non-hydrogen) atoms. The van der Waals surface area contributed by atoms with Gasteiger partial charge in [-0.05, 0) is 49.6 Å². The number of hydrogen-bond donors (Lipinski definition) is 3. The molecule has 3 N–H and O–H groups in total. The Bertz CT molecular complexity index is 671. The van der Waals surface area contributed by atoms with Crippen LogP contribution in [0.4, 0.5) is 18.9 Å². The smallest absolute Gasteiger partial charge is 0.325 e. The van der Waals surface area contributed by atoms with E-state index in [1.165, 1.54) is 29.7 Å². The van der Waals surface area contributed by atoms with Gasteiger partial charge < -0.3 is 10.6 Å². The third kappa shape index (κ3) is 6.46. The first kappa shape index (κ1) is 18.7. The second-order valence-electron chi connectivity index (χ2n) is 5.59. The fourth-order valence-electron chi connectivity index (χ4n) is 1.89. The number of hydrogen-bond acceptors (Lipinski definition) is 4. The summed E-state index contributed by atoms with van der Waals surface area (Å²) in [5, 5.41) is 5.58. The molecule has 1 aliphatic carbocycles. The molecular weight excluding hydrogens is 347 g/mol. The van der Waals surface area contributed by atoms with Crippen molar-refractivity contribution in [3.63, 3.8) is 0 Å². The lowest BCUT2D eigenvalue weighted by Gasteiger charge is -2.10. The zero-order valence-corrected chi connectivity index (χ0v) is 13.5. The molecule has 1 aromatic rings. The maximum Gasteiger partial charge on any atom is 0.402 e. The van der Waals surface area contributed by atoms with Crippen molar-refractivity contribution in [1.82, 2.24) is 10.0 Å². The Balaban J connectivity index is 1.85. The molecule has 0 atom stereocenters. The number of benzene rings is 1. The van der Waals surface area contributed by atoms with Gasteiger partial charge in [0.1, 0.15) is 6.54 Å². The fraction of sp³-hybridized carbons (Fsp3) is 0.500. The van der Waals surface area contributed by atoms with Crippen LogP contribution in [-0.4, -0.2) is 40.1 Å². The third-order valence-electron chi connectivity index (χ3n) is 3.33. The minimum Gasteiger partial charge on any atom is -0.325 e. The number of rotatable bonds is 8. The van der Waals surface area contributed by atoms with Crippen molar-refractivity contribution in [3.8, 4) is 0 Å². The predicted octanol–water partition coefficient (Wildman–Crippen LogP) is 1.47. The minimum absolute atomic E-state index is 0.143. The molecule has 0 heterocycles. The molecule has 134 valence electrons. The fourth-order valence-corrected chi connectivity index (χ4v) is 2.91. The van der Waals surface area contributed by atoms with Gasteiger partial charge in [0.25, 0.3) is 0 Å². The van der Waals surface area contributed by atoms with Gasteiger partial charge in [-0.1, -0.05) is 0 Å². The molecule has 0 unspecified atom stereocenters. The van der Waals surface area contributed by atoms with E-state index in [2.05, 4.69) is 10.6 Å². The summed E-state index contributed by atoms with van der Waals surface area (Å²) in [7, 11) is -4.25. The maximum atomic E-state index is 12.1. The zero-order chi connectivity index (χ0) is 17.8. The van der Waals surface area contributed by atoms with Crippen LogP contribution in [-0.2, 0) is 14.8 Å². The van der Waals surface area contributed by atoms with E-state index in [1.54, 1.807) is 0 Å². The Hall–Kier alpha value is -1.65. The molecule has 0 aromatic heterocycles. The largest absolute Gasteiger partial charge is 0.402 e. The van der Waals surface area contributed by atoms with Crippen molar-refractivity contribution in [2.45, 2.75) is 23.9 Å². The molecule has 1 aromatic carbocycles. The standard InChI is InChI=1S/C14H18F3N3O3S/c15-14(16,17)9-19-24(22,23)12-5-3-11(4-6-12)20-13(21)8-18-7-10-1-2-10/h3-6,10,18-19H,1-2,7-9H2,(H,20,21). The predicted molar refractivity (Wildman–Crippen MR) is 81.9 cm³/mol. The van der Waals surface area contributed by atoms with Crippen LogP contribution < -0.4 is 15.4 Å². The summed E-state index contributed by atoms with van der Waals surface area (Å²) in [4.78, 5) is 11.4. The van der Waals surface area contributed by atoms with Crippen LogP contribution >= 0.6 is 0 Å². The molecule has 0 aliphatic heterocycles. The van der Waals surface area contributed by atoms with Crippen LogP contribution in [0.15, 0.2) is 29.2 Å². The van der Waals surface area contributed by atoms with E-state index >= 15 is 0 Å². The highest BCUT2D eigenvalue weighted by Gasteiger charge is 2.30. The number of anilines is 1. The number of sulfonamides is 1. The monoisotopic (exact) mass is 365 g/mol. The normalized spacial score (nSPS) is 15.3. The van der Waals surface area contributed by atoms with Crippen molar-refractivity contribution in [3.05, 3.63) is 24.3 Å². The molecule has 0 spiro atoms. The topological polar surface area (TPSA) is 87.3 Å². The third-order valence-corrected chi connectivity index (χ3v) is 4.74. The van der Waals surface area contributed by atoms with Gasteiger partial charge in [-0.25, -0.2) is 13.1 Å². The molecule has 0 bridgehead atoms. The Morgan fingerprint density at radius 1 is 1.17 bits per heavy atom. The lowest BCUT2D eigenvalue weighted by atomic mass is 10.3. The number of nitrogens with one attached hydrogen (secondary N) is 3. The van der Waals surface area contributed by atoms with Crippen molar-refractivity contribution in [2.75, 3.05) is 25.0 Å². The molecule has 1 amide bonds. The van der Waals surface area contributed by atoms with Crippen molar-refractivity contribution in [1.29, 1.82) is 0 Å². The van der Waals surface area contributed by atoms with E-state index in [0.29, 0.717) is 11.6 Å². The van der Waals surface area contributed by atoms with Gasteiger partial charge in [0.15, 0.2) is 0 Å². The van der Waals surface area contributed by atoms with Crippen LogP contribution in [0.1, 0.15) is 12.8 Å². The van der Waals surface area contributed by atoms with E-state index in [9.17, 15) is 26.4 Å². The summed E-state index contributed by atoms with van der Waals surface area (Å²) in [6.45, 7) is -0.709. The first-order valence-corrected chi connectivity index (χ1v) is 8.81. The highest BCUT2D eigenvalue weighted by molar-refractivity contribution is 7.89. The number of carbonyl (C=O) groups excluding carboxylic acids is 1. The Morgan fingerprint density at radius 2 is 1.79 bits per heavy atom. The molecule has 0 saturated heterocycles. The molecule has 2 rings (SSSR count). The van der Waals surface area contributed by atoms with Crippen LogP contribution in [0.3, 0.4) is 0 Å². The second-order valence-corrected chi connectivity index (χ2v) is 7.35. The van der Waals surface area contributed by atoms with Gasteiger partial charge in [0, 0.05) is 5.69 Å². The number of halogens is 3. The van der Waals surface area contributed by atoms with E-state index in [4.69, 9.17) is 0 Å². The van der Waals surface area contributed by atoms with Gasteiger partial charge in [0.05, 0.1) is 11.4 Å². The summed E-state index contributed by atoms with van der Waals surface area (Å²) in [5.41, 5.74) is 0.364. The first-order chi connectivity index (χ1) is 11.2. The lowest BCUT2D eigenvalue weighted by Crippen LogP contribution is -2.33. The van der Waals surface area contributed by atoms with Gasteiger partial charge in [0.2, 0.25) is 15.9 Å². The van der Waals surface area contributed by atoms with Crippen LogP contribution in [0.2, 0.25) is 0 Å². The van der Waals surface area contributed by atoms with E-state index in [0.717, 1.165) is 18.7 Å². The Morgan fingerprint density at radius 3 is 2.33 bits per heavy atom. The molecule has 1 saturated carbocycles. The quantitative estimate of drug-likeness (QED) is 0.651. The Labute approximate surface area is 137 Å². The SMILES string of the molecule is O=C(CNCC1CC1)Nc1ccc(S(=O)(=O)NCC(F)(F)F)cc1. The Kier molecular flexibility index (Phi) is 5.83. The minimum atomic E-state index is -4.63. The van der Waals surface area contributed by atoms with E-state index in [1.807, 2.05) is 0 Å². The first-order valence-electron chi connectivity index (χ1n) is 7.33. The summed E-state index contributed by atoms with van der Waals surface area (Å²) < 4.78 is 61.2. The van der Waals surface area contributed by atoms with Crippen LogP contribution in [0.5, 0.6) is 0 Å². The summed E-state index contributed by atoms with van der Waals surface area (Å²) in [5.74, 6) is 0.368. The molecule has 6 nitrogen and oxygen atoms in total. The average Bonchev–Trinajstić information content (AvgIpc) is 3.29. The number of alkyl halides is 3. The van der Waals surface area contributed by atoms with Gasteiger partial charge in [-0.15, -0.1) is 0 Å². The molecule has 0 radical (unpaired) electrons. The summed E-state index contributed by atoms with van der Waals surface area (Å²) in [6.07, 6.45) is -2.28. The lowest BCUT2D eigenvalue weighted by molar-refractivity contribution is -0.121. The van der Waals surface area contributed by atoms with Gasteiger partial charge in [-0.3, -0.25) is 4.79 Å². The van der Waals surface area contributed by atoms with Crippen molar-refractivity contribution in [2.24, 2.45) is 5.92 Å². The van der Waals surface area contributed by atoms with Crippen molar-refractivity contribution < 1.29 is 26.4 Å². The molecular formula is C14H18F3N3O3S. The number of amides is 1. The summed E-state index contributed by atoms with van der Waals surface area (Å²) in [6, 6.07) is 4.90. The highest BCUT2D eigenvalue weighted by atomic mass is 32.2. The second kappa shape index (κ2) is 7.49. The summed E-state index contributed by atoms with van der Waals surface area (Å²) >= 11 is 0. The van der Waals surface area contributed by atoms with Crippen molar-refractivity contribution >= 4 is 21.6 Å².